The number of rotatable bonds is 8. The van der Waals surface area contributed by atoms with E-state index in [1.807, 2.05) is 0 Å². The molecule has 28 heavy (non-hydrogen) atoms. The van der Waals surface area contributed by atoms with Gasteiger partial charge in [0.2, 0.25) is 11.4 Å². The molecule has 0 heterocycles. The van der Waals surface area contributed by atoms with Gasteiger partial charge in [0.15, 0.2) is 5.78 Å². The standard InChI is InChI=1S/C17H20BrFN2O6.Na/c1-4-26-15(24)17(21-9(3)22,16(25)27-5-2)8-14(23)10-6-12(19)11(18)7-13(10)20;/h6-7H,4-5,8,20H2,1-3H3,(H,21,22);. The predicted octanol–water partition coefficient (Wildman–Crippen LogP) is 1.36. The second kappa shape index (κ2) is 11.5. The number of hydrogen-bond donors (Lipinski definition) is 2. The van der Waals surface area contributed by atoms with Crippen molar-refractivity contribution in [3.8, 4) is 0 Å². The molecule has 11 heteroatoms. The average molecular weight is 470 g/mol. The van der Waals surface area contributed by atoms with E-state index in [0.29, 0.717) is 0 Å². The van der Waals surface area contributed by atoms with Crippen molar-refractivity contribution < 1.29 is 33.0 Å². The number of ketones is 1. The van der Waals surface area contributed by atoms with Crippen LogP contribution in [0.5, 0.6) is 0 Å². The van der Waals surface area contributed by atoms with Crippen molar-refractivity contribution in [1.29, 1.82) is 0 Å². The van der Waals surface area contributed by atoms with Crippen LogP contribution in [-0.2, 0) is 23.9 Å². The third-order valence-electron chi connectivity index (χ3n) is 3.46. The minimum absolute atomic E-state index is 0. The first-order chi connectivity index (χ1) is 12.6. The van der Waals surface area contributed by atoms with Gasteiger partial charge in [-0.1, -0.05) is 0 Å². The zero-order chi connectivity index (χ0) is 20.8. The molecule has 1 rings (SSSR count). The minimum Gasteiger partial charge on any atom is -0.464 e. The molecule has 1 amide bonds. The molecular weight excluding hydrogens is 450 g/mol. The van der Waals surface area contributed by atoms with Crippen LogP contribution in [0.15, 0.2) is 16.6 Å². The summed E-state index contributed by atoms with van der Waals surface area (Å²) in [5.41, 5.74) is 3.01. The van der Waals surface area contributed by atoms with E-state index in [9.17, 15) is 23.6 Å². The largest absolute Gasteiger partial charge is 0.464 e. The summed E-state index contributed by atoms with van der Waals surface area (Å²) in [5, 5.41) is 2.16. The molecule has 0 fully saturated rings. The molecule has 0 aromatic heterocycles. The van der Waals surface area contributed by atoms with Crippen LogP contribution < -0.4 is 11.1 Å². The number of nitrogen functional groups attached to an aromatic ring is 1. The number of nitrogens with one attached hydrogen (secondary N) is 1. The van der Waals surface area contributed by atoms with Gasteiger partial charge < -0.3 is 20.5 Å². The van der Waals surface area contributed by atoms with Crippen LogP contribution >= 0.6 is 15.9 Å². The zero-order valence-electron chi connectivity index (χ0n) is 16.1. The number of Topliss-reactive ketones (excluding diaryl/α,β-unsaturated/α-hetero) is 1. The third-order valence-corrected chi connectivity index (χ3v) is 4.06. The Hall–Kier alpha value is -1.49. The number of halogens is 2. The Morgan fingerprint density at radius 3 is 2.07 bits per heavy atom. The quantitative estimate of drug-likeness (QED) is 0.193. The van der Waals surface area contributed by atoms with Crippen molar-refractivity contribution in [2.45, 2.75) is 32.7 Å². The number of benzene rings is 1. The molecule has 0 saturated heterocycles. The van der Waals surface area contributed by atoms with Crippen LogP contribution in [0.3, 0.4) is 0 Å². The van der Waals surface area contributed by atoms with Gasteiger partial charge >= 0.3 is 11.9 Å². The van der Waals surface area contributed by atoms with Crippen molar-refractivity contribution in [2.75, 3.05) is 18.9 Å². The number of ether oxygens (including phenoxy) is 2. The van der Waals surface area contributed by atoms with E-state index in [-0.39, 0.29) is 58.5 Å². The van der Waals surface area contributed by atoms with Crippen LogP contribution in [0.2, 0.25) is 0 Å². The molecule has 0 aliphatic carbocycles. The van der Waals surface area contributed by atoms with E-state index in [0.717, 1.165) is 13.0 Å². The number of hydrogen-bond acceptors (Lipinski definition) is 7. The predicted molar refractivity (Wildman–Crippen MR) is 103 cm³/mol. The van der Waals surface area contributed by atoms with E-state index < -0.39 is 41.4 Å². The second-order valence-corrected chi connectivity index (χ2v) is 6.34. The maximum Gasteiger partial charge on any atom is 0.344 e. The van der Waals surface area contributed by atoms with Crippen LogP contribution in [0, 0.1) is 5.82 Å². The van der Waals surface area contributed by atoms with Crippen molar-refractivity contribution >= 4 is 74.8 Å². The van der Waals surface area contributed by atoms with Gasteiger partial charge in [0.25, 0.3) is 0 Å². The molecule has 1 radical (unpaired) electrons. The monoisotopic (exact) mass is 469 g/mol. The zero-order valence-corrected chi connectivity index (χ0v) is 19.6. The molecule has 0 bridgehead atoms. The fraction of sp³-hybridized carbons (Fsp3) is 0.412. The van der Waals surface area contributed by atoms with Crippen molar-refractivity contribution in [3.05, 3.63) is 28.0 Å². The molecule has 3 N–H and O–H groups in total. The molecule has 0 unspecified atom stereocenters. The minimum atomic E-state index is -2.41. The Morgan fingerprint density at radius 2 is 1.64 bits per heavy atom. The van der Waals surface area contributed by atoms with Crippen LogP contribution in [0.1, 0.15) is 37.6 Å². The SMILES string of the molecule is CCOC(=O)C(CC(=O)c1cc(F)c(Br)cc1N)(NC(C)=O)C(=O)OCC.[Na]. The maximum absolute atomic E-state index is 13.8. The number of anilines is 1. The fourth-order valence-corrected chi connectivity index (χ4v) is 2.68. The molecule has 0 spiro atoms. The smallest absolute Gasteiger partial charge is 0.344 e. The van der Waals surface area contributed by atoms with Gasteiger partial charge in [0, 0.05) is 47.7 Å². The molecule has 149 valence electrons. The van der Waals surface area contributed by atoms with Gasteiger partial charge in [0.1, 0.15) is 5.82 Å². The number of carbonyl (C=O) groups is 4. The Balaban J connectivity index is 0.00000729. The molecule has 0 atom stereocenters. The van der Waals surface area contributed by atoms with Gasteiger partial charge in [-0.3, -0.25) is 9.59 Å². The Kier molecular flexibility index (Phi) is 10.9. The summed E-state index contributed by atoms with van der Waals surface area (Å²) >= 11 is 2.94. The van der Waals surface area contributed by atoms with Gasteiger partial charge in [0.05, 0.1) is 24.1 Å². The summed E-state index contributed by atoms with van der Waals surface area (Å²) in [5.74, 6) is -4.70. The van der Waals surface area contributed by atoms with E-state index in [1.165, 1.54) is 19.9 Å². The van der Waals surface area contributed by atoms with Gasteiger partial charge in [-0.25, -0.2) is 14.0 Å². The van der Waals surface area contributed by atoms with Crippen LogP contribution in [0.25, 0.3) is 0 Å². The Labute approximate surface area is 192 Å². The maximum atomic E-state index is 13.8. The van der Waals surface area contributed by atoms with Gasteiger partial charge in [-0.2, -0.15) is 0 Å². The summed E-state index contributed by atoms with van der Waals surface area (Å²) in [4.78, 5) is 49.3. The molecule has 8 nitrogen and oxygen atoms in total. The van der Waals surface area contributed by atoms with Crippen molar-refractivity contribution in [3.63, 3.8) is 0 Å². The number of carbonyl (C=O) groups excluding carboxylic acids is 4. The van der Waals surface area contributed by atoms with Gasteiger partial charge in [-0.05, 0) is 41.9 Å². The summed E-state index contributed by atoms with van der Waals surface area (Å²) in [6.45, 7) is 3.83. The fourth-order valence-electron chi connectivity index (χ4n) is 2.32. The third kappa shape index (κ3) is 6.26. The van der Waals surface area contributed by atoms with Crippen LogP contribution in [-0.4, -0.2) is 71.9 Å². The number of nitrogens with two attached hydrogens (primary N) is 1. The molecule has 1 aromatic carbocycles. The van der Waals surface area contributed by atoms with E-state index in [2.05, 4.69) is 21.2 Å². The molecule has 0 aliphatic heterocycles. The van der Waals surface area contributed by atoms with E-state index in [4.69, 9.17) is 15.2 Å². The number of esters is 2. The average Bonchev–Trinajstić information content (AvgIpc) is 2.57. The van der Waals surface area contributed by atoms with Crippen molar-refractivity contribution in [1.82, 2.24) is 5.32 Å². The molecule has 1 aromatic rings. The van der Waals surface area contributed by atoms with Crippen LogP contribution in [0.4, 0.5) is 10.1 Å². The second-order valence-electron chi connectivity index (χ2n) is 5.48. The first kappa shape index (κ1) is 26.5. The summed E-state index contributed by atoms with van der Waals surface area (Å²) in [7, 11) is 0. The van der Waals surface area contributed by atoms with Gasteiger partial charge in [-0.15, -0.1) is 0 Å². The summed E-state index contributed by atoms with van der Waals surface area (Å²) in [6.07, 6.45) is -0.852. The molecule has 0 aliphatic rings. The topological polar surface area (TPSA) is 125 Å². The molecule has 0 saturated carbocycles. The summed E-state index contributed by atoms with van der Waals surface area (Å²) < 4.78 is 23.6. The summed E-state index contributed by atoms with van der Waals surface area (Å²) in [6, 6.07) is 2.05. The van der Waals surface area contributed by atoms with E-state index in [1.54, 1.807) is 0 Å². The first-order valence-corrected chi connectivity index (χ1v) is 8.79. The Morgan fingerprint density at radius 1 is 1.14 bits per heavy atom. The molecular formula is C17H20BrFN2NaO6. The first-order valence-electron chi connectivity index (χ1n) is 7.99. The Bertz CT molecular complexity index is 756. The normalized spacial score (nSPS) is 10.5. The van der Waals surface area contributed by atoms with Crippen molar-refractivity contribution in [2.24, 2.45) is 0 Å². The number of amides is 1. The van der Waals surface area contributed by atoms with E-state index >= 15 is 0 Å².